The predicted molar refractivity (Wildman–Crippen MR) is 132 cm³/mol. The molecule has 0 saturated carbocycles. The molecule has 8 nitrogen and oxygen atoms in total. The van der Waals surface area contributed by atoms with Crippen LogP contribution in [0.1, 0.15) is 46.6 Å². The van der Waals surface area contributed by atoms with Gasteiger partial charge in [0, 0.05) is 18.8 Å². The van der Waals surface area contributed by atoms with E-state index in [2.05, 4.69) is 0 Å². The highest BCUT2D eigenvalue weighted by Gasteiger charge is 2.55. The van der Waals surface area contributed by atoms with Crippen LogP contribution >= 0.6 is 0 Å². The highest BCUT2D eigenvalue weighted by atomic mass is 16.7. The molecule has 35 heavy (non-hydrogen) atoms. The fraction of sp³-hybridized carbons (Fsp3) is 0.577. The first-order valence-electron chi connectivity index (χ1n) is 12.0. The van der Waals surface area contributed by atoms with E-state index in [1.807, 2.05) is 77.1 Å². The molecule has 4 atom stereocenters. The molecule has 2 heterocycles. The van der Waals surface area contributed by atoms with Crippen molar-refractivity contribution in [3.63, 3.8) is 0 Å². The van der Waals surface area contributed by atoms with Crippen molar-refractivity contribution < 1.29 is 38.2 Å². The third-order valence-corrected chi connectivity index (χ3v) is 6.61. The van der Waals surface area contributed by atoms with Gasteiger partial charge in [0.15, 0.2) is 12.4 Å². The van der Waals surface area contributed by atoms with E-state index in [1.165, 1.54) is 0 Å². The summed E-state index contributed by atoms with van der Waals surface area (Å²) in [5, 5.41) is 10.1. The lowest BCUT2D eigenvalue weighted by Crippen LogP contribution is -2.41. The Hall–Kier alpha value is -2.17. The van der Waals surface area contributed by atoms with Crippen molar-refractivity contribution in [2.24, 2.45) is 0 Å². The Morgan fingerprint density at radius 1 is 1.20 bits per heavy atom. The zero-order valence-corrected chi connectivity index (χ0v) is 21.4. The Morgan fingerprint density at radius 3 is 2.43 bits per heavy atom. The third kappa shape index (κ3) is 6.95. The van der Waals surface area contributed by atoms with Gasteiger partial charge in [-0.15, -0.1) is 0 Å². The van der Waals surface area contributed by atoms with Gasteiger partial charge < -0.3 is 33.4 Å². The van der Waals surface area contributed by atoms with Gasteiger partial charge in [-0.1, -0.05) is 36.4 Å². The molecule has 192 valence electrons. The van der Waals surface area contributed by atoms with Crippen molar-refractivity contribution in [1.82, 2.24) is 0 Å². The maximum absolute atomic E-state index is 12.4. The summed E-state index contributed by atoms with van der Waals surface area (Å²) >= 11 is 0. The quantitative estimate of drug-likeness (QED) is 0.362. The number of ether oxygens (including phenoxy) is 4. The number of carboxylic acid groups (broad SMARTS) is 1. The van der Waals surface area contributed by atoms with Crippen LogP contribution in [0, 0.1) is 0 Å². The second kappa shape index (κ2) is 11.7. The zero-order valence-electron chi connectivity index (χ0n) is 21.4. The molecule has 2 aliphatic rings. The van der Waals surface area contributed by atoms with Gasteiger partial charge in [0.2, 0.25) is 0 Å². The summed E-state index contributed by atoms with van der Waals surface area (Å²) in [7, 11) is 0.776. The Balaban J connectivity index is 1.82. The molecule has 1 aromatic carbocycles. The van der Waals surface area contributed by atoms with E-state index in [-0.39, 0.29) is 19.0 Å². The van der Waals surface area contributed by atoms with Crippen LogP contribution in [-0.2, 0) is 34.9 Å². The van der Waals surface area contributed by atoms with Gasteiger partial charge >= 0.3 is 13.1 Å². The molecule has 3 rings (SSSR count). The highest BCUT2D eigenvalue weighted by molar-refractivity contribution is 6.49. The molecule has 0 bridgehead atoms. The Bertz CT molecular complexity index is 879. The summed E-state index contributed by atoms with van der Waals surface area (Å²) in [5.41, 5.74) is -0.416. The summed E-state index contributed by atoms with van der Waals surface area (Å²) in [4.78, 5) is 12.4. The highest BCUT2D eigenvalue weighted by Crippen LogP contribution is 2.42. The second-order valence-electron chi connectivity index (χ2n) is 9.65. The Morgan fingerprint density at radius 2 is 1.86 bits per heavy atom. The lowest BCUT2D eigenvalue weighted by molar-refractivity contribution is -0.152. The lowest BCUT2D eigenvalue weighted by atomic mass is 9.68. The van der Waals surface area contributed by atoms with Gasteiger partial charge in [-0.25, -0.2) is 4.79 Å². The molecular formula is C26H37BO8. The fourth-order valence-corrected chi connectivity index (χ4v) is 3.88. The van der Waals surface area contributed by atoms with Crippen LogP contribution in [0.4, 0.5) is 0 Å². The number of hydrogen-bond acceptors (Lipinski definition) is 7. The van der Waals surface area contributed by atoms with Crippen LogP contribution in [0.15, 0.2) is 48.6 Å². The van der Waals surface area contributed by atoms with Crippen LogP contribution < -0.4 is 4.74 Å². The summed E-state index contributed by atoms with van der Waals surface area (Å²) < 4.78 is 35.1. The number of carboxylic acids is 1. The molecule has 1 fully saturated rings. The van der Waals surface area contributed by atoms with Crippen LogP contribution in [0.2, 0.25) is 5.82 Å². The van der Waals surface area contributed by atoms with Crippen LogP contribution in [0.25, 0.3) is 0 Å². The molecule has 0 radical (unpaired) electrons. The number of methoxy groups -OCH3 is 1. The molecule has 0 aromatic heterocycles. The standard InChI is InChI=1S/C26H37BO8/c1-7-31-22-10-8-9-20(33-22)15-16-21(27-34-25(2,3)26(4,5)35-27)23(24(28)29)32-17-18-11-13-19(30-6)14-12-18/h8-9,11-16,20-23H,7,10,17H2,1-6H3,(H,28,29)/b16-15+/t20-,21-,22+,23+/m0/s1. The first kappa shape index (κ1) is 27.4. The fourth-order valence-electron chi connectivity index (χ4n) is 3.88. The van der Waals surface area contributed by atoms with E-state index in [0.29, 0.717) is 18.8 Å². The number of carbonyl (C=O) groups is 1. The van der Waals surface area contributed by atoms with Gasteiger partial charge in [-0.2, -0.15) is 0 Å². The SMILES string of the molecule is CCO[C@H]1CC=C[C@@H](/C=C/[C@H](B2OC(C)(C)C(C)(C)O2)[C@@H](OCc2ccc(OC)cc2)C(=O)O)O1. The molecule has 0 spiro atoms. The average Bonchev–Trinajstić information content (AvgIpc) is 3.03. The predicted octanol–water partition coefficient (Wildman–Crippen LogP) is 4.39. The first-order valence-corrected chi connectivity index (χ1v) is 12.0. The van der Waals surface area contributed by atoms with Crippen LogP contribution in [0.3, 0.4) is 0 Å². The monoisotopic (exact) mass is 488 g/mol. The van der Waals surface area contributed by atoms with Gasteiger partial charge in [0.05, 0.1) is 31.0 Å². The van der Waals surface area contributed by atoms with Crippen molar-refractivity contribution in [2.75, 3.05) is 13.7 Å². The third-order valence-electron chi connectivity index (χ3n) is 6.61. The van der Waals surface area contributed by atoms with Crippen molar-refractivity contribution in [1.29, 1.82) is 0 Å². The average molecular weight is 488 g/mol. The smallest absolute Gasteiger partial charge is 0.468 e. The van der Waals surface area contributed by atoms with Crippen LogP contribution in [0.5, 0.6) is 5.75 Å². The minimum absolute atomic E-state index is 0.108. The molecule has 1 aromatic rings. The first-order chi connectivity index (χ1) is 16.6. The Labute approximate surface area is 208 Å². The number of aliphatic carboxylic acids is 1. The number of hydrogen-bond donors (Lipinski definition) is 1. The van der Waals surface area contributed by atoms with Crippen molar-refractivity contribution in [2.45, 2.75) is 83.2 Å². The molecule has 9 heteroatoms. The molecule has 1 saturated heterocycles. The maximum atomic E-state index is 12.4. The molecule has 2 aliphatic heterocycles. The molecule has 0 unspecified atom stereocenters. The van der Waals surface area contributed by atoms with E-state index in [1.54, 1.807) is 13.2 Å². The minimum Gasteiger partial charge on any atom is -0.497 e. The summed E-state index contributed by atoms with van der Waals surface area (Å²) in [6.45, 7) is 10.3. The summed E-state index contributed by atoms with van der Waals surface area (Å²) in [5.74, 6) is -1.11. The van der Waals surface area contributed by atoms with E-state index in [4.69, 9.17) is 28.3 Å². The second-order valence-corrected chi connectivity index (χ2v) is 9.65. The van der Waals surface area contributed by atoms with Crippen LogP contribution in [-0.4, -0.2) is 61.6 Å². The topological polar surface area (TPSA) is 92.7 Å². The van der Waals surface area contributed by atoms with Crippen molar-refractivity contribution >= 4 is 13.1 Å². The number of rotatable bonds is 11. The largest absolute Gasteiger partial charge is 0.497 e. The molecular weight excluding hydrogens is 451 g/mol. The van der Waals surface area contributed by atoms with Gasteiger partial charge in [-0.3, -0.25) is 0 Å². The van der Waals surface area contributed by atoms with E-state index >= 15 is 0 Å². The van der Waals surface area contributed by atoms with Crippen molar-refractivity contribution in [3.8, 4) is 5.75 Å². The molecule has 0 amide bonds. The molecule has 0 aliphatic carbocycles. The number of benzene rings is 1. The lowest BCUT2D eigenvalue weighted by Gasteiger charge is -2.32. The van der Waals surface area contributed by atoms with Gasteiger partial charge in [0.1, 0.15) is 5.75 Å². The van der Waals surface area contributed by atoms with E-state index in [9.17, 15) is 9.90 Å². The zero-order chi connectivity index (χ0) is 25.6. The minimum atomic E-state index is -1.21. The summed E-state index contributed by atoms with van der Waals surface area (Å²) in [6.07, 6.45) is 6.25. The van der Waals surface area contributed by atoms with Gasteiger partial charge in [0.25, 0.3) is 0 Å². The van der Waals surface area contributed by atoms with E-state index in [0.717, 1.165) is 5.56 Å². The maximum Gasteiger partial charge on any atom is 0.468 e. The van der Waals surface area contributed by atoms with Gasteiger partial charge in [-0.05, 0) is 52.3 Å². The van der Waals surface area contributed by atoms with E-state index < -0.39 is 36.2 Å². The summed E-state index contributed by atoms with van der Waals surface area (Å²) in [6, 6.07) is 7.29. The molecule has 1 N–H and O–H groups in total. The normalized spacial score (nSPS) is 25.0. The van der Waals surface area contributed by atoms with Crippen molar-refractivity contribution in [3.05, 3.63) is 54.1 Å². The Kier molecular flexibility index (Phi) is 9.18.